The van der Waals surface area contributed by atoms with Gasteiger partial charge in [0, 0.05) is 16.7 Å². The van der Waals surface area contributed by atoms with E-state index in [2.05, 4.69) is 49.8 Å². The monoisotopic (exact) mass is 402 g/mol. The molecular formula is C29H22O2. The molecule has 31 heavy (non-hydrogen) atoms. The van der Waals surface area contributed by atoms with E-state index in [9.17, 15) is 9.90 Å². The van der Waals surface area contributed by atoms with Crippen LogP contribution in [0.1, 0.15) is 52.9 Å². The third kappa shape index (κ3) is 3.89. The summed E-state index contributed by atoms with van der Waals surface area (Å²) in [6.45, 7) is 4.42. The van der Waals surface area contributed by atoms with Gasteiger partial charge in [0.15, 0.2) is 0 Å². The van der Waals surface area contributed by atoms with Crippen LogP contribution >= 0.6 is 0 Å². The molecule has 0 saturated heterocycles. The van der Waals surface area contributed by atoms with Gasteiger partial charge in [0.2, 0.25) is 0 Å². The summed E-state index contributed by atoms with van der Waals surface area (Å²) in [5.41, 5.74) is 6.46. The number of terminal acetylenes is 1. The molecule has 3 aromatic carbocycles. The van der Waals surface area contributed by atoms with Gasteiger partial charge >= 0.3 is 5.97 Å². The number of rotatable bonds is 2. The van der Waals surface area contributed by atoms with Gasteiger partial charge in [-0.1, -0.05) is 80.1 Å². The molecule has 0 aromatic heterocycles. The molecule has 0 bridgehead atoms. The topological polar surface area (TPSA) is 37.3 Å². The smallest absolute Gasteiger partial charge is 0.336 e. The number of hydrogen-bond acceptors (Lipinski definition) is 1. The van der Waals surface area contributed by atoms with Gasteiger partial charge in [0.1, 0.15) is 0 Å². The zero-order valence-electron chi connectivity index (χ0n) is 17.6. The van der Waals surface area contributed by atoms with Crippen LogP contribution in [0.3, 0.4) is 0 Å². The highest BCUT2D eigenvalue weighted by Crippen LogP contribution is 2.41. The minimum Gasteiger partial charge on any atom is -0.478 e. The van der Waals surface area contributed by atoms with Gasteiger partial charge in [0.05, 0.1) is 5.56 Å². The number of carboxylic acid groups (broad SMARTS) is 1. The molecule has 0 aliphatic heterocycles. The number of carbonyl (C=O) groups is 1. The molecule has 1 aliphatic carbocycles. The first-order valence-corrected chi connectivity index (χ1v) is 10.2. The Bertz CT molecular complexity index is 1310. The van der Waals surface area contributed by atoms with Crippen LogP contribution in [0, 0.1) is 24.2 Å². The third-order valence-corrected chi connectivity index (χ3v) is 5.72. The van der Waals surface area contributed by atoms with E-state index >= 15 is 0 Å². The maximum Gasteiger partial charge on any atom is 0.336 e. The van der Waals surface area contributed by atoms with Gasteiger partial charge in [-0.3, -0.25) is 0 Å². The zero-order chi connectivity index (χ0) is 22.0. The van der Waals surface area contributed by atoms with Crippen LogP contribution in [-0.4, -0.2) is 11.1 Å². The molecule has 0 spiro atoms. The number of fused-ring (bicyclic) bond motifs is 1. The van der Waals surface area contributed by atoms with E-state index in [4.69, 9.17) is 6.42 Å². The van der Waals surface area contributed by atoms with Crippen LogP contribution in [0.4, 0.5) is 0 Å². The second-order valence-corrected chi connectivity index (χ2v) is 8.26. The minimum absolute atomic E-state index is 0.0655. The van der Waals surface area contributed by atoms with Gasteiger partial charge in [-0.15, -0.1) is 6.42 Å². The largest absolute Gasteiger partial charge is 0.478 e. The van der Waals surface area contributed by atoms with Crippen molar-refractivity contribution in [2.75, 3.05) is 0 Å². The number of carboxylic acids is 1. The van der Waals surface area contributed by atoms with Crippen molar-refractivity contribution in [3.63, 3.8) is 0 Å². The summed E-state index contributed by atoms with van der Waals surface area (Å²) in [5.74, 6) is 8.15. The summed E-state index contributed by atoms with van der Waals surface area (Å²) in [7, 11) is 0. The van der Waals surface area contributed by atoms with Crippen molar-refractivity contribution in [1.82, 2.24) is 0 Å². The van der Waals surface area contributed by atoms with E-state index in [0.717, 1.165) is 34.2 Å². The molecule has 2 nitrogen and oxygen atoms in total. The minimum atomic E-state index is -1.02. The van der Waals surface area contributed by atoms with E-state index < -0.39 is 5.97 Å². The molecule has 0 atom stereocenters. The highest BCUT2D eigenvalue weighted by molar-refractivity contribution is 5.94. The Morgan fingerprint density at radius 3 is 2.45 bits per heavy atom. The predicted molar refractivity (Wildman–Crippen MR) is 126 cm³/mol. The molecule has 0 radical (unpaired) electrons. The maximum atomic E-state index is 11.6. The van der Waals surface area contributed by atoms with Crippen molar-refractivity contribution < 1.29 is 9.90 Å². The molecule has 1 N–H and O–H groups in total. The average molecular weight is 402 g/mol. The van der Waals surface area contributed by atoms with Crippen molar-refractivity contribution >= 4 is 11.5 Å². The summed E-state index contributed by atoms with van der Waals surface area (Å²) in [5, 5.41) is 9.51. The van der Waals surface area contributed by atoms with E-state index in [1.807, 2.05) is 42.5 Å². The number of aromatic carboxylic acids is 1. The van der Waals surface area contributed by atoms with Crippen molar-refractivity contribution in [2.24, 2.45) is 0 Å². The quantitative estimate of drug-likeness (QED) is 0.522. The van der Waals surface area contributed by atoms with E-state index in [-0.39, 0.29) is 11.0 Å². The molecule has 1 aliphatic rings. The van der Waals surface area contributed by atoms with Crippen LogP contribution in [0.25, 0.3) is 16.7 Å². The molecule has 2 heteroatoms. The van der Waals surface area contributed by atoms with Crippen LogP contribution in [0.15, 0.2) is 72.8 Å². The molecule has 0 saturated carbocycles. The summed E-state index contributed by atoms with van der Waals surface area (Å²) >= 11 is 0. The second kappa shape index (κ2) is 8.02. The lowest BCUT2D eigenvalue weighted by molar-refractivity contribution is 0.0696. The Balaban J connectivity index is 1.82. The van der Waals surface area contributed by atoms with Crippen LogP contribution < -0.4 is 0 Å². The number of allylic oxidation sites excluding steroid dienone is 2. The van der Waals surface area contributed by atoms with Gasteiger partial charge in [-0.05, 0) is 58.4 Å². The molecule has 3 aromatic rings. The fourth-order valence-corrected chi connectivity index (χ4v) is 3.99. The standard InChI is InChI=1S/C29H22O2/c1-4-23-24(11-8-12-26(23)28(30)31)22-15-16-25-21(14-13-20-9-6-5-7-10-20)17-18-29(2,3)27(25)19-22/h1,5-12,15-17,19H,18H2,2-3H3,(H,30,31). The maximum absolute atomic E-state index is 11.6. The van der Waals surface area contributed by atoms with Gasteiger partial charge in [0.25, 0.3) is 0 Å². The SMILES string of the molecule is C#Cc1c(C(=O)O)cccc1-c1ccc2c(c1)C(C)(C)CC=C2C#Cc1ccccc1. The van der Waals surface area contributed by atoms with Crippen LogP contribution in [0.2, 0.25) is 0 Å². The van der Waals surface area contributed by atoms with E-state index in [1.165, 1.54) is 5.56 Å². The van der Waals surface area contributed by atoms with Gasteiger partial charge in [-0.2, -0.15) is 0 Å². The number of hydrogen-bond donors (Lipinski definition) is 1. The lowest BCUT2D eigenvalue weighted by Gasteiger charge is -2.31. The normalized spacial score (nSPS) is 13.8. The Labute approximate surface area is 183 Å². The van der Waals surface area contributed by atoms with Gasteiger partial charge < -0.3 is 5.11 Å². The molecule has 0 fully saturated rings. The molecule has 0 unspecified atom stereocenters. The second-order valence-electron chi connectivity index (χ2n) is 8.26. The predicted octanol–water partition coefficient (Wildman–Crippen LogP) is 6.15. The van der Waals surface area contributed by atoms with Crippen molar-refractivity contribution in [3.05, 3.63) is 101 Å². The summed E-state index contributed by atoms with van der Waals surface area (Å²) in [6.07, 6.45) is 8.77. The van der Waals surface area contributed by atoms with E-state index in [0.29, 0.717) is 5.56 Å². The van der Waals surface area contributed by atoms with Crippen molar-refractivity contribution in [1.29, 1.82) is 0 Å². The molecule has 0 heterocycles. The first-order chi connectivity index (χ1) is 14.9. The Hall–Kier alpha value is -4.01. The summed E-state index contributed by atoms with van der Waals surface area (Å²) < 4.78 is 0. The van der Waals surface area contributed by atoms with Gasteiger partial charge in [-0.25, -0.2) is 4.79 Å². The fourth-order valence-electron chi connectivity index (χ4n) is 3.99. The van der Waals surface area contributed by atoms with E-state index in [1.54, 1.807) is 12.1 Å². The average Bonchev–Trinajstić information content (AvgIpc) is 2.78. The fraction of sp³-hybridized carbons (Fsp3) is 0.138. The highest BCUT2D eigenvalue weighted by Gasteiger charge is 2.28. The van der Waals surface area contributed by atoms with Crippen molar-refractivity contribution in [2.45, 2.75) is 25.7 Å². The molecule has 4 rings (SSSR count). The molecular weight excluding hydrogens is 380 g/mol. The molecule has 150 valence electrons. The highest BCUT2D eigenvalue weighted by atomic mass is 16.4. The lowest BCUT2D eigenvalue weighted by Crippen LogP contribution is -2.21. The molecule has 0 amide bonds. The van der Waals surface area contributed by atoms with Crippen LogP contribution in [0.5, 0.6) is 0 Å². The van der Waals surface area contributed by atoms with Crippen LogP contribution in [-0.2, 0) is 5.41 Å². The summed E-state index contributed by atoms with van der Waals surface area (Å²) in [6, 6.07) is 21.3. The Morgan fingerprint density at radius 2 is 1.74 bits per heavy atom. The van der Waals surface area contributed by atoms with Crippen molar-refractivity contribution in [3.8, 4) is 35.3 Å². The Morgan fingerprint density at radius 1 is 0.968 bits per heavy atom. The zero-order valence-corrected chi connectivity index (χ0v) is 17.6. The number of benzene rings is 3. The lowest BCUT2D eigenvalue weighted by atomic mass is 9.72. The third-order valence-electron chi connectivity index (χ3n) is 5.72. The summed E-state index contributed by atoms with van der Waals surface area (Å²) in [4.78, 5) is 11.6. The Kier molecular flexibility index (Phi) is 5.24. The first kappa shape index (κ1) is 20.3. The first-order valence-electron chi connectivity index (χ1n) is 10.2.